The zero-order valence-corrected chi connectivity index (χ0v) is 12.3. The fourth-order valence-electron chi connectivity index (χ4n) is 2.15. The minimum absolute atomic E-state index is 0.0908. The number of anilines is 3. The van der Waals surface area contributed by atoms with Crippen LogP contribution in [0.4, 0.5) is 17.3 Å². The monoisotopic (exact) mass is 296 g/mol. The van der Waals surface area contributed by atoms with Crippen LogP contribution in [0.5, 0.6) is 5.75 Å². The number of methoxy groups -OCH3 is 1. The molecule has 6 heteroatoms. The number of hydrogen-bond acceptors (Lipinski definition) is 4. The van der Waals surface area contributed by atoms with Crippen molar-refractivity contribution in [2.45, 2.75) is 6.92 Å². The molecule has 0 unspecified atom stereocenters. The Labute approximate surface area is 127 Å². The molecule has 3 rings (SSSR count). The van der Waals surface area contributed by atoms with E-state index in [0.717, 1.165) is 28.2 Å². The number of carbonyl (C=O) groups excluding carboxylic acids is 1. The molecule has 0 saturated heterocycles. The van der Waals surface area contributed by atoms with Crippen LogP contribution in [0.2, 0.25) is 0 Å². The normalized spacial score (nSPS) is 10.5. The van der Waals surface area contributed by atoms with Gasteiger partial charge in [0.05, 0.1) is 18.1 Å². The fraction of sp³-hybridized carbons (Fsp3) is 0.125. The Morgan fingerprint density at radius 3 is 2.55 bits per heavy atom. The number of hydrogen-bond donors (Lipinski definition) is 3. The summed E-state index contributed by atoms with van der Waals surface area (Å²) < 4.78 is 5.19. The van der Waals surface area contributed by atoms with Gasteiger partial charge in [-0.25, -0.2) is 4.98 Å². The van der Waals surface area contributed by atoms with E-state index in [2.05, 4.69) is 20.6 Å². The molecule has 0 atom stereocenters. The molecular formula is C16H16N4O2. The fourth-order valence-corrected chi connectivity index (χ4v) is 2.15. The van der Waals surface area contributed by atoms with Crippen molar-refractivity contribution >= 4 is 34.3 Å². The predicted molar refractivity (Wildman–Crippen MR) is 86.7 cm³/mol. The van der Waals surface area contributed by atoms with Crippen molar-refractivity contribution in [2.24, 2.45) is 0 Å². The van der Waals surface area contributed by atoms with Crippen molar-refractivity contribution in [3.63, 3.8) is 0 Å². The molecule has 0 spiro atoms. The maximum atomic E-state index is 11.0. The number of nitrogens with one attached hydrogen (secondary N) is 3. The van der Waals surface area contributed by atoms with Crippen molar-refractivity contribution in [1.29, 1.82) is 0 Å². The van der Waals surface area contributed by atoms with Gasteiger partial charge >= 0.3 is 0 Å². The molecule has 1 heterocycles. The van der Waals surface area contributed by atoms with Gasteiger partial charge in [-0.15, -0.1) is 0 Å². The molecule has 0 radical (unpaired) electrons. The molecule has 0 aliphatic rings. The Morgan fingerprint density at radius 1 is 1.14 bits per heavy atom. The number of H-pyrrole nitrogens is 1. The lowest BCUT2D eigenvalue weighted by Crippen LogP contribution is -2.05. The molecule has 0 fully saturated rings. The van der Waals surface area contributed by atoms with Gasteiger partial charge in [-0.05, 0) is 36.4 Å². The number of rotatable bonds is 4. The predicted octanol–water partition coefficient (Wildman–Crippen LogP) is 3.27. The second kappa shape index (κ2) is 5.77. The Morgan fingerprint density at radius 2 is 1.86 bits per heavy atom. The number of fused-ring (bicyclic) bond motifs is 1. The number of aromatic nitrogens is 2. The van der Waals surface area contributed by atoms with Gasteiger partial charge < -0.3 is 20.4 Å². The largest absolute Gasteiger partial charge is 0.497 e. The Bertz CT molecular complexity index is 809. The Kier molecular flexibility index (Phi) is 3.65. The summed E-state index contributed by atoms with van der Waals surface area (Å²) in [5, 5.41) is 5.92. The number of ether oxygens (including phenoxy) is 1. The minimum atomic E-state index is -0.0908. The molecule has 112 valence electrons. The van der Waals surface area contributed by atoms with Crippen LogP contribution in [-0.2, 0) is 4.79 Å². The van der Waals surface area contributed by atoms with E-state index in [9.17, 15) is 4.79 Å². The van der Waals surface area contributed by atoms with Gasteiger partial charge in [0.25, 0.3) is 0 Å². The van der Waals surface area contributed by atoms with Gasteiger partial charge in [-0.3, -0.25) is 4.79 Å². The number of aromatic amines is 1. The molecule has 2 aromatic carbocycles. The molecule has 1 amide bonds. The second-order valence-corrected chi connectivity index (χ2v) is 4.85. The Hall–Kier alpha value is -3.02. The van der Waals surface area contributed by atoms with Gasteiger partial charge in [0.15, 0.2) is 0 Å². The van der Waals surface area contributed by atoms with Gasteiger partial charge in [0.1, 0.15) is 5.75 Å². The van der Waals surface area contributed by atoms with E-state index in [1.807, 2.05) is 42.5 Å². The van der Waals surface area contributed by atoms with Gasteiger partial charge in [-0.2, -0.15) is 0 Å². The van der Waals surface area contributed by atoms with Crippen LogP contribution in [0, 0.1) is 0 Å². The summed E-state index contributed by atoms with van der Waals surface area (Å²) in [7, 11) is 1.63. The van der Waals surface area contributed by atoms with E-state index in [-0.39, 0.29) is 5.91 Å². The van der Waals surface area contributed by atoms with E-state index in [4.69, 9.17) is 4.74 Å². The maximum absolute atomic E-state index is 11.0. The van der Waals surface area contributed by atoms with Crippen LogP contribution in [0.15, 0.2) is 42.5 Å². The summed E-state index contributed by atoms with van der Waals surface area (Å²) in [6.45, 7) is 1.48. The smallest absolute Gasteiger partial charge is 0.221 e. The lowest BCUT2D eigenvalue weighted by molar-refractivity contribution is -0.114. The first kappa shape index (κ1) is 13.9. The average molecular weight is 296 g/mol. The van der Waals surface area contributed by atoms with Crippen LogP contribution >= 0.6 is 0 Å². The van der Waals surface area contributed by atoms with E-state index in [1.54, 1.807) is 7.11 Å². The molecule has 3 N–H and O–H groups in total. The highest BCUT2D eigenvalue weighted by Gasteiger charge is 2.04. The SMILES string of the molecule is COc1ccc2nc(Nc3ccc(NC(C)=O)cc3)[nH]c2c1. The first-order valence-electron chi connectivity index (χ1n) is 6.82. The van der Waals surface area contributed by atoms with Crippen molar-refractivity contribution in [2.75, 3.05) is 17.7 Å². The lowest BCUT2D eigenvalue weighted by Gasteiger charge is -2.05. The lowest BCUT2D eigenvalue weighted by atomic mass is 10.3. The molecule has 0 aliphatic carbocycles. The summed E-state index contributed by atoms with van der Waals surface area (Å²) in [5.41, 5.74) is 3.39. The van der Waals surface area contributed by atoms with Crippen molar-refractivity contribution in [3.8, 4) is 5.75 Å². The highest BCUT2D eigenvalue weighted by Crippen LogP contribution is 2.23. The van der Waals surface area contributed by atoms with Crippen molar-refractivity contribution in [3.05, 3.63) is 42.5 Å². The molecule has 0 aliphatic heterocycles. The summed E-state index contributed by atoms with van der Waals surface area (Å²) in [5.74, 6) is 1.34. The van der Waals surface area contributed by atoms with Crippen molar-refractivity contribution < 1.29 is 9.53 Å². The van der Waals surface area contributed by atoms with E-state index >= 15 is 0 Å². The van der Waals surface area contributed by atoms with E-state index in [0.29, 0.717) is 5.95 Å². The third kappa shape index (κ3) is 3.01. The number of carbonyl (C=O) groups is 1. The third-order valence-electron chi connectivity index (χ3n) is 3.16. The number of benzene rings is 2. The first-order chi connectivity index (χ1) is 10.6. The number of imidazole rings is 1. The second-order valence-electron chi connectivity index (χ2n) is 4.85. The summed E-state index contributed by atoms with van der Waals surface area (Å²) in [4.78, 5) is 18.6. The van der Waals surface area contributed by atoms with Crippen LogP contribution < -0.4 is 15.4 Å². The van der Waals surface area contributed by atoms with Crippen LogP contribution in [0.25, 0.3) is 11.0 Å². The molecule has 6 nitrogen and oxygen atoms in total. The molecule has 0 saturated carbocycles. The molecule has 3 aromatic rings. The van der Waals surface area contributed by atoms with Gasteiger partial charge in [0, 0.05) is 24.4 Å². The molecular weight excluding hydrogens is 280 g/mol. The standard InChI is InChI=1S/C16H16N4O2/c1-10(21)17-11-3-5-12(6-4-11)18-16-19-14-8-7-13(22-2)9-15(14)20-16/h3-9H,1-2H3,(H,17,21)(H2,18,19,20). The molecule has 1 aromatic heterocycles. The van der Waals surface area contributed by atoms with Gasteiger partial charge in [0.2, 0.25) is 11.9 Å². The van der Waals surface area contributed by atoms with Crippen LogP contribution in [0.3, 0.4) is 0 Å². The molecule has 22 heavy (non-hydrogen) atoms. The van der Waals surface area contributed by atoms with Crippen molar-refractivity contribution in [1.82, 2.24) is 9.97 Å². The number of nitrogens with zero attached hydrogens (tertiary/aromatic N) is 1. The summed E-state index contributed by atoms with van der Waals surface area (Å²) >= 11 is 0. The average Bonchev–Trinajstić information content (AvgIpc) is 2.89. The van der Waals surface area contributed by atoms with E-state index in [1.165, 1.54) is 6.92 Å². The first-order valence-corrected chi connectivity index (χ1v) is 6.82. The number of amides is 1. The zero-order valence-electron chi connectivity index (χ0n) is 12.3. The third-order valence-corrected chi connectivity index (χ3v) is 3.16. The summed E-state index contributed by atoms with van der Waals surface area (Å²) in [6.07, 6.45) is 0. The highest BCUT2D eigenvalue weighted by molar-refractivity contribution is 5.89. The van der Waals surface area contributed by atoms with Gasteiger partial charge in [-0.1, -0.05) is 0 Å². The molecule has 0 bridgehead atoms. The van der Waals surface area contributed by atoms with Crippen LogP contribution in [-0.4, -0.2) is 23.0 Å². The quantitative estimate of drug-likeness (QED) is 0.690. The maximum Gasteiger partial charge on any atom is 0.221 e. The zero-order chi connectivity index (χ0) is 15.5. The van der Waals surface area contributed by atoms with E-state index < -0.39 is 0 Å². The summed E-state index contributed by atoms with van der Waals surface area (Å²) in [6, 6.07) is 13.1. The van der Waals surface area contributed by atoms with Crippen LogP contribution in [0.1, 0.15) is 6.92 Å². The Balaban J connectivity index is 1.79. The topological polar surface area (TPSA) is 79.0 Å². The highest BCUT2D eigenvalue weighted by atomic mass is 16.5. The minimum Gasteiger partial charge on any atom is -0.497 e.